The van der Waals surface area contributed by atoms with Crippen LogP contribution in [0.2, 0.25) is 0 Å². The molecule has 0 amide bonds. The van der Waals surface area contributed by atoms with Crippen LogP contribution in [0.3, 0.4) is 0 Å². The topological polar surface area (TPSA) is 43.6 Å². The third-order valence-electron chi connectivity index (χ3n) is 2.65. The Morgan fingerprint density at radius 2 is 2.00 bits per heavy atom. The van der Waals surface area contributed by atoms with Crippen molar-refractivity contribution >= 4 is 0 Å². The molecular formula is C14H11N4. The molecule has 0 saturated heterocycles. The number of benzene rings is 1. The van der Waals surface area contributed by atoms with E-state index in [1.807, 2.05) is 35.0 Å². The van der Waals surface area contributed by atoms with Gasteiger partial charge in [0.05, 0.1) is 6.33 Å². The van der Waals surface area contributed by atoms with Gasteiger partial charge in [-0.15, -0.1) is 0 Å². The van der Waals surface area contributed by atoms with Crippen molar-refractivity contribution in [3.63, 3.8) is 0 Å². The maximum absolute atomic E-state index is 4.28. The Morgan fingerprint density at radius 1 is 1.11 bits per heavy atom. The second kappa shape index (κ2) is 4.79. The molecular weight excluding hydrogens is 224 g/mol. The van der Waals surface area contributed by atoms with Gasteiger partial charge >= 0.3 is 0 Å². The Kier molecular flexibility index (Phi) is 2.84. The van der Waals surface area contributed by atoms with Gasteiger partial charge in [0.1, 0.15) is 0 Å². The zero-order chi connectivity index (χ0) is 12.2. The fourth-order valence-electron chi connectivity index (χ4n) is 1.81. The van der Waals surface area contributed by atoms with Gasteiger partial charge in [0.15, 0.2) is 5.82 Å². The number of hydrogen-bond donors (Lipinski definition) is 0. The Hall–Kier alpha value is -2.49. The molecule has 0 unspecified atom stereocenters. The van der Waals surface area contributed by atoms with Gasteiger partial charge in [0, 0.05) is 36.9 Å². The van der Waals surface area contributed by atoms with E-state index in [9.17, 15) is 0 Å². The molecule has 0 aliphatic carbocycles. The predicted octanol–water partition coefficient (Wildman–Crippen LogP) is 2.19. The summed E-state index contributed by atoms with van der Waals surface area (Å²) < 4.78 is 2.00. The second-order valence-corrected chi connectivity index (χ2v) is 3.87. The SMILES string of the molecule is [c]1cccc(-c2ncccn2)c1Cn1ccnc1. The minimum atomic E-state index is 0.717. The van der Waals surface area contributed by atoms with Gasteiger partial charge in [-0.25, -0.2) is 15.0 Å². The molecule has 18 heavy (non-hydrogen) atoms. The lowest BCUT2D eigenvalue weighted by Crippen LogP contribution is -2.00. The molecule has 87 valence electrons. The number of hydrogen-bond acceptors (Lipinski definition) is 3. The first-order valence-electron chi connectivity index (χ1n) is 5.66. The Bertz CT molecular complexity index is 617. The van der Waals surface area contributed by atoms with Crippen molar-refractivity contribution in [1.82, 2.24) is 19.5 Å². The molecule has 0 aliphatic heterocycles. The maximum atomic E-state index is 4.28. The van der Waals surface area contributed by atoms with Crippen molar-refractivity contribution in [3.05, 3.63) is 67.0 Å². The molecule has 0 saturated carbocycles. The summed E-state index contributed by atoms with van der Waals surface area (Å²) in [5.41, 5.74) is 2.06. The lowest BCUT2D eigenvalue weighted by molar-refractivity contribution is 0.796. The van der Waals surface area contributed by atoms with Crippen LogP contribution in [-0.4, -0.2) is 19.5 Å². The summed E-state index contributed by atoms with van der Waals surface area (Å²) >= 11 is 0. The van der Waals surface area contributed by atoms with Gasteiger partial charge < -0.3 is 4.57 Å². The Labute approximate surface area is 105 Å². The number of aromatic nitrogens is 4. The molecule has 0 spiro atoms. The summed E-state index contributed by atoms with van der Waals surface area (Å²) in [5.74, 6) is 0.726. The predicted molar refractivity (Wildman–Crippen MR) is 67.6 cm³/mol. The average molecular weight is 235 g/mol. The molecule has 4 heteroatoms. The second-order valence-electron chi connectivity index (χ2n) is 3.87. The molecule has 3 aromatic rings. The van der Waals surface area contributed by atoms with E-state index < -0.39 is 0 Å². The van der Waals surface area contributed by atoms with E-state index >= 15 is 0 Å². The zero-order valence-corrected chi connectivity index (χ0v) is 9.69. The Balaban J connectivity index is 2.00. The van der Waals surface area contributed by atoms with Crippen molar-refractivity contribution in [3.8, 4) is 11.4 Å². The van der Waals surface area contributed by atoms with Crippen LogP contribution in [0.5, 0.6) is 0 Å². The van der Waals surface area contributed by atoms with Gasteiger partial charge in [-0.2, -0.15) is 0 Å². The summed E-state index contributed by atoms with van der Waals surface area (Å²) in [5, 5.41) is 0. The summed E-state index contributed by atoms with van der Waals surface area (Å²) in [4.78, 5) is 12.6. The first-order valence-corrected chi connectivity index (χ1v) is 5.66. The highest BCUT2D eigenvalue weighted by Crippen LogP contribution is 2.19. The van der Waals surface area contributed by atoms with Crippen molar-refractivity contribution in [2.45, 2.75) is 6.54 Å². The van der Waals surface area contributed by atoms with E-state index in [4.69, 9.17) is 0 Å². The highest BCUT2D eigenvalue weighted by molar-refractivity contribution is 5.59. The molecule has 0 bridgehead atoms. The molecule has 2 aromatic heterocycles. The van der Waals surface area contributed by atoms with E-state index in [2.05, 4.69) is 21.0 Å². The van der Waals surface area contributed by atoms with Gasteiger partial charge in [0.25, 0.3) is 0 Å². The molecule has 1 radical (unpaired) electrons. The smallest absolute Gasteiger partial charge is 0.159 e. The summed E-state index contributed by atoms with van der Waals surface area (Å²) in [7, 11) is 0. The lowest BCUT2D eigenvalue weighted by Gasteiger charge is -2.08. The van der Waals surface area contributed by atoms with Crippen LogP contribution in [0.25, 0.3) is 11.4 Å². The zero-order valence-electron chi connectivity index (χ0n) is 9.69. The number of imidazole rings is 1. The molecule has 1 aromatic carbocycles. The van der Waals surface area contributed by atoms with Gasteiger partial charge in [-0.3, -0.25) is 0 Å². The summed E-state index contributed by atoms with van der Waals surface area (Å²) in [6.45, 7) is 0.717. The first-order chi connectivity index (χ1) is 8.93. The standard InChI is InChI=1S/C14H11N4/c1-2-5-13(14-16-6-3-7-17-14)12(4-1)10-18-9-8-15-11-18/h1-3,5-9,11H,10H2. The maximum Gasteiger partial charge on any atom is 0.159 e. The van der Waals surface area contributed by atoms with E-state index in [0.29, 0.717) is 6.54 Å². The average Bonchev–Trinajstić information content (AvgIpc) is 2.93. The normalized spacial score (nSPS) is 10.4. The molecule has 3 rings (SSSR count). The van der Waals surface area contributed by atoms with Crippen LogP contribution in [-0.2, 0) is 6.54 Å². The molecule has 0 aliphatic rings. The van der Waals surface area contributed by atoms with Gasteiger partial charge in [-0.1, -0.05) is 18.2 Å². The molecule has 2 heterocycles. The fraction of sp³-hybridized carbons (Fsp3) is 0.0714. The van der Waals surface area contributed by atoms with Crippen molar-refractivity contribution < 1.29 is 0 Å². The van der Waals surface area contributed by atoms with Crippen LogP contribution in [0.1, 0.15) is 5.56 Å². The van der Waals surface area contributed by atoms with Gasteiger partial charge in [0.2, 0.25) is 0 Å². The highest BCUT2D eigenvalue weighted by Gasteiger charge is 2.07. The highest BCUT2D eigenvalue weighted by atomic mass is 15.0. The molecule has 0 N–H and O–H groups in total. The number of rotatable bonds is 3. The number of nitrogens with zero attached hydrogens (tertiary/aromatic N) is 4. The molecule has 0 atom stereocenters. The van der Waals surface area contributed by atoms with Crippen LogP contribution in [0, 0.1) is 6.07 Å². The first kappa shape index (κ1) is 10.7. The van der Waals surface area contributed by atoms with Crippen molar-refractivity contribution in [1.29, 1.82) is 0 Å². The van der Waals surface area contributed by atoms with Crippen LogP contribution >= 0.6 is 0 Å². The fourth-order valence-corrected chi connectivity index (χ4v) is 1.81. The van der Waals surface area contributed by atoms with E-state index in [0.717, 1.165) is 17.0 Å². The third-order valence-corrected chi connectivity index (χ3v) is 2.65. The van der Waals surface area contributed by atoms with E-state index in [-0.39, 0.29) is 0 Å². The molecule has 4 nitrogen and oxygen atoms in total. The molecule has 0 fully saturated rings. The summed E-state index contributed by atoms with van der Waals surface area (Å²) in [6, 6.07) is 10.9. The Morgan fingerprint density at radius 3 is 2.78 bits per heavy atom. The quantitative estimate of drug-likeness (QED) is 0.699. The third kappa shape index (κ3) is 2.13. The minimum Gasteiger partial charge on any atom is -0.333 e. The largest absolute Gasteiger partial charge is 0.333 e. The lowest BCUT2D eigenvalue weighted by atomic mass is 10.1. The monoisotopic (exact) mass is 235 g/mol. The van der Waals surface area contributed by atoms with Crippen LogP contribution < -0.4 is 0 Å². The van der Waals surface area contributed by atoms with Crippen molar-refractivity contribution in [2.24, 2.45) is 0 Å². The van der Waals surface area contributed by atoms with E-state index in [1.165, 1.54) is 0 Å². The van der Waals surface area contributed by atoms with Crippen LogP contribution in [0.15, 0.2) is 55.4 Å². The van der Waals surface area contributed by atoms with Crippen LogP contribution in [0.4, 0.5) is 0 Å². The minimum absolute atomic E-state index is 0.717. The van der Waals surface area contributed by atoms with Gasteiger partial charge in [-0.05, 0) is 17.7 Å². The summed E-state index contributed by atoms with van der Waals surface area (Å²) in [6.07, 6.45) is 8.97. The van der Waals surface area contributed by atoms with Crippen molar-refractivity contribution in [2.75, 3.05) is 0 Å². The van der Waals surface area contributed by atoms with E-state index in [1.54, 1.807) is 24.9 Å².